The SMILES string of the molecule is CC(c1ccc2c(c1)C(C)(C)c1cc(-c3cc(-c4ccccc4)cc(-c4ccccc4)c3)c3ccccc3c1-2)C(Cc1ccc(-c2ccccc2)cc1)c1cccc2sc3ccccc3c12. The summed E-state index contributed by atoms with van der Waals surface area (Å²) in [7, 11) is 0. The van der Waals surface area contributed by atoms with Gasteiger partial charge in [0.25, 0.3) is 0 Å². The van der Waals surface area contributed by atoms with E-state index in [1.54, 1.807) is 0 Å². The number of benzene rings is 10. The summed E-state index contributed by atoms with van der Waals surface area (Å²) in [5.41, 5.74) is 19.5. The standard InChI is InChI=1S/C65H50S/c1-42(57(36-43-30-32-47(33-31-43)44-18-7-4-8-19-44)54-27-17-29-62-64(54)56-26-15-16-28-61(56)66-62)48-34-35-55-59(40-48)65(2,3)60-41-58(52-24-13-14-25-53(52)63(55)60)51-38-49(45-20-9-5-10-21-45)37-50(39-51)46-22-11-6-12-23-46/h4-35,37-42,57H,36H2,1-3H3. The van der Waals surface area contributed by atoms with Crippen LogP contribution >= 0.6 is 11.3 Å². The fourth-order valence-corrected chi connectivity index (χ4v) is 12.3. The Morgan fingerprint density at radius 1 is 0.409 bits per heavy atom. The van der Waals surface area contributed by atoms with Gasteiger partial charge >= 0.3 is 0 Å². The summed E-state index contributed by atoms with van der Waals surface area (Å²) in [6.07, 6.45) is 0.946. The van der Waals surface area contributed by atoms with E-state index in [0.29, 0.717) is 0 Å². The van der Waals surface area contributed by atoms with Crippen LogP contribution in [0.2, 0.25) is 0 Å². The third kappa shape index (κ3) is 6.89. The van der Waals surface area contributed by atoms with Crippen LogP contribution in [-0.2, 0) is 11.8 Å². The van der Waals surface area contributed by atoms with E-state index in [1.807, 2.05) is 11.3 Å². The van der Waals surface area contributed by atoms with Crippen molar-refractivity contribution < 1.29 is 0 Å². The fourth-order valence-electron chi connectivity index (χ4n) is 11.1. The molecule has 0 aliphatic heterocycles. The summed E-state index contributed by atoms with van der Waals surface area (Å²) in [4.78, 5) is 0. The van der Waals surface area contributed by atoms with E-state index in [9.17, 15) is 0 Å². The molecule has 0 N–H and O–H groups in total. The molecular formula is C65H50S. The van der Waals surface area contributed by atoms with Gasteiger partial charge in [-0.25, -0.2) is 0 Å². The molecule has 0 bridgehead atoms. The van der Waals surface area contributed by atoms with Gasteiger partial charge in [0.2, 0.25) is 0 Å². The van der Waals surface area contributed by atoms with Crippen LogP contribution in [-0.4, -0.2) is 0 Å². The van der Waals surface area contributed by atoms with Crippen LogP contribution in [0.5, 0.6) is 0 Å². The number of thiophene rings is 1. The highest BCUT2D eigenvalue weighted by Crippen LogP contribution is 2.55. The molecule has 66 heavy (non-hydrogen) atoms. The van der Waals surface area contributed by atoms with Crippen molar-refractivity contribution in [1.82, 2.24) is 0 Å². The van der Waals surface area contributed by atoms with Crippen LogP contribution in [0.15, 0.2) is 224 Å². The predicted molar refractivity (Wildman–Crippen MR) is 284 cm³/mol. The molecule has 11 aromatic rings. The van der Waals surface area contributed by atoms with Gasteiger partial charge in [-0.1, -0.05) is 209 Å². The monoisotopic (exact) mass is 862 g/mol. The summed E-state index contributed by atoms with van der Waals surface area (Å²) in [5, 5.41) is 5.38. The number of hydrogen-bond acceptors (Lipinski definition) is 1. The van der Waals surface area contributed by atoms with Gasteiger partial charge in [0.05, 0.1) is 0 Å². The second-order valence-electron chi connectivity index (χ2n) is 18.8. The Kier molecular flexibility index (Phi) is 9.92. The highest BCUT2D eigenvalue weighted by molar-refractivity contribution is 7.25. The lowest BCUT2D eigenvalue weighted by molar-refractivity contribution is 0.573. The lowest BCUT2D eigenvalue weighted by Gasteiger charge is -2.28. The van der Waals surface area contributed by atoms with Gasteiger partial charge in [-0.05, 0) is 149 Å². The van der Waals surface area contributed by atoms with Crippen molar-refractivity contribution in [3.63, 3.8) is 0 Å². The molecule has 1 aliphatic carbocycles. The van der Waals surface area contributed by atoms with E-state index in [4.69, 9.17) is 0 Å². The lowest BCUT2D eigenvalue weighted by atomic mass is 9.75. The molecule has 0 nitrogen and oxygen atoms in total. The molecular weight excluding hydrogens is 813 g/mol. The van der Waals surface area contributed by atoms with Crippen LogP contribution in [0.4, 0.5) is 0 Å². The number of fused-ring (bicyclic) bond motifs is 8. The normalized spacial score (nSPS) is 13.7. The average Bonchev–Trinajstić information content (AvgIpc) is 3.87. The number of rotatable bonds is 9. The fraction of sp³-hybridized carbons (Fsp3) is 0.108. The van der Waals surface area contributed by atoms with Crippen molar-refractivity contribution in [1.29, 1.82) is 0 Å². The maximum atomic E-state index is 2.58. The average molecular weight is 863 g/mol. The Morgan fingerprint density at radius 2 is 0.955 bits per heavy atom. The topological polar surface area (TPSA) is 0 Å². The molecule has 2 atom stereocenters. The van der Waals surface area contributed by atoms with Crippen molar-refractivity contribution in [3.05, 3.63) is 252 Å². The van der Waals surface area contributed by atoms with Crippen LogP contribution in [0, 0.1) is 0 Å². The zero-order valence-corrected chi connectivity index (χ0v) is 38.4. The van der Waals surface area contributed by atoms with Crippen molar-refractivity contribution in [2.24, 2.45) is 0 Å². The summed E-state index contributed by atoms with van der Waals surface area (Å²) in [6.45, 7) is 7.37. The summed E-state index contributed by atoms with van der Waals surface area (Å²) >= 11 is 1.91. The van der Waals surface area contributed by atoms with Crippen LogP contribution < -0.4 is 0 Å². The van der Waals surface area contributed by atoms with E-state index < -0.39 is 0 Å². The maximum Gasteiger partial charge on any atom is 0.0358 e. The molecule has 12 rings (SSSR count). The lowest BCUT2D eigenvalue weighted by Crippen LogP contribution is -2.17. The van der Waals surface area contributed by atoms with E-state index in [1.165, 1.54) is 114 Å². The first-order chi connectivity index (χ1) is 32.4. The first kappa shape index (κ1) is 40.2. The van der Waals surface area contributed by atoms with Crippen LogP contribution in [0.1, 0.15) is 60.4 Å². The largest absolute Gasteiger partial charge is 0.135 e. The molecule has 0 amide bonds. The Balaban J connectivity index is 0.982. The summed E-state index contributed by atoms with van der Waals surface area (Å²) < 4.78 is 2.72. The van der Waals surface area contributed by atoms with Gasteiger partial charge in [0.1, 0.15) is 0 Å². The van der Waals surface area contributed by atoms with Gasteiger partial charge in [-0.3, -0.25) is 0 Å². The molecule has 0 spiro atoms. The molecule has 1 aliphatic rings. The molecule has 0 saturated carbocycles. The zero-order chi connectivity index (χ0) is 44.4. The smallest absolute Gasteiger partial charge is 0.0358 e. The van der Waals surface area contributed by atoms with Crippen molar-refractivity contribution in [2.75, 3.05) is 0 Å². The molecule has 1 aromatic heterocycles. The highest BCUT2D eigenvalue weighted by Gasteiger charge is 2.38. The van der Waals surface area contributed by atoms with Crippen molar-refractivity contribution >= 4 is 42.3 Å². The van der Waals surface area contributed by atoms with Gasteiger partial charge < -0.3 is 0 Å². The first-order valence-electron chi connectivity index (χ1n) is 23.4. The minimum atomic E-state index is -0.217. The second-order valence-corrected chi connectivity index (χ2v) is 19.9. The van der Waals surface area contributed by atoms with Gasteiger partial charge in [-0.15, -0.1) is 11.3 Å². The Morgan fingerprint density at radius 3 is 1.62 bits per heavy atom. The highest BCUT2D eigenvalue weighted by atomic mass is 32.1. The second kappa shape index (κ2) is 16.3. The van der Waals surface area contributed by atoms with Crippen molar-refractivity contribution in [2.45, 2.75) is 44.4 Å². The molecule has 316 valence electrons. The van der Waals surface area contributed by atoms with Gasteiger partial charge in [0, 0.05) is 25.6 Å². The predicted octanol–water partition coefficient (Wildman–Crippen LogP) is 18.3. The number of hydrogen-bond donors (Lipinski definition) is 0. The first-order valence-corrected chi connectivity index (χ1v) is 24.2. The van der Waals surface area contributed by atoms with E-state index in [-0.39, 0.29) is 17.3 Å². The summed E-state index contributed by atoms with van der Waals surface area (Å²) in [5.74, 6) is 0.500. The minimum absolute atomic E-state index is 0.217. The van der Waals surface area contributed by atoms with Gasteiger partial charge in [0.15, 0.2) is 0 Å². The van der Waals surface area contributed by atoms with Gasteiger partial charge in [-0.2, -0.15) is 0 Å². The van der Waals surface area contributed by atoms with E-state index >= 15 is 0 Å². The molecule has 1 heteroatoms. The van der Waals surface area contributed by atoms with E-state index in [2.05, 4.69) is 245 Å². The van der Waals surface area contributed by atoms with Crippen LogP contribution in [0.25, 0.3) is 86.6 Å². The minimum Gasteiger partial charge on any atom is -0.135 e. The molecule has 0 fully saturated rings. The van der Waals surface area contributed by atoms with E-state index in [0.717, 1.165) is 6.42 Å². The third-order valence-electron chi connectivity index (χ3n) is 14.6. The molecule has 10 aromatic carbocycles. The molecule has 2 unspecified atom stereocenters. The van der Waals surface area contributed by atoms with Crippen molar-refractivity contribution in [3.8, 4) is 55.6 Å². The Bertz CT molecular complexity index is 3520. The molecule has 1 heterocycles. The Hall–Kier alpha value is -7.32. The molecule has 0 saturated heterocycles. The zero-order valence-electron chi connectivity index (χ0n) is 37.6. The van der Waals surface area contributed by atoms with Crippen LogP contribution in [0.3, 0.4) is 0 Å². The molecule has 0 radical (unpaired) electrons. The Labute approximate surface area is 392 Å². The quantitative estimate of drug-likeness (QED) is 0.136. The third-order valence-corrected chi connectivity index (χ3v) is 15.8. The maximum absolute atomic E-state index is 2.58. The summed E-state index contributed by atoms with van der Waals surface area (Å²) in [6, 6.07) is 84.0.